The van der Waals surface area contributed by atoms with Gasteiger partial charge in [-0.3, -0.25) is 4.79 Å². The molecule has 0 fully saturated rings. The summed E-state index contributed by atoms with van der Waals surface area (Å²) in [7, 11) is 0. The summed E-state index contributed by atoms with van der Waals surface area (Å²) in [6.45, 7) is 3.92. The molecule has 0 radical (unpaired) electrons. The van der Waals surface area contributed by atoms with E-state index < -0.39 is 5.91 Å². The van der Waals surface area contributed by atoms with Crippen LogP contribution in [0.4, 0.5) is 5.69 Å². The number of carbonyl (C=O) groups excluding carboxylic acids is 1. The van der Waals surface area contributed by atoms with Gasteiger partial charge in [0.05, 0.1) is 10.7 Å². The third-order valence-corrected chi connectivity index (χ3v) is 6.03. The van der Waals surface area contributed by atoms with Crippen LogP contribution in [0.1, 0.15) is 21.7 Å². The number of rotatable bonds is 4. The molecule has 1 amide bonds. The lowest BCUT2D eigenvalue weighted by atomic mass is 10.1. The fraction of sp³-hybridized carbons (Fsp3) is 0.0769. The molecule has 5 nitrogen and oxygen atoms in total. The van der Waals surface area contributed by atoms with E-state index in [-0.39, 0.29) is 5.76 Å². The number of carbonyl (C=O) groups is 1. The maximum absolute atomic E-state index is 12.8. The monoisotopic (exact) mass is 476 g/mol. The number of hydrogen-bond acceptors (Lipinski definition) is 4. The number of amides is 1. The molecule has 1 N–H and O–H groups in total. The lowest BCUT2D eigenvalue weighted by Crippen LogP contribution is -2.11. The summed E-state index contributed by atoms with van der Waals surface area (Å²) >= 11 is 12.5. The van der Waals surface area contributed by atoms with Crippen LogP contribution >= 0.6 is 23.2 Å². The summed E-state index contributed by atoms with van der Waals surface area (Å²) in [6, 6.07) is 20.0. The van der Waals surface area contributed by atoms with Crippen molar-refractivity contribution in [3.8, 4) is 22.8 Å². The molecule has 0 atom stereocenters. The first kappa shape index (κ1) is 21.3. The molecular weight excluding hydrogens is 459 g/mol. The predicted octanol–water partition coefficient (Wildman–Crippen LogP) is 7.93. The van der Waals surface area contributed by atoms with Crippen LogP contribution in [0.5, 0.6) is 0 Å². The van der Waals surface area contributed by atoms with E-state index in [0.29, 0.717) is 38.5 Å². The van der Waals surface area contributed by atoms with Crippen LogP contribution in [0.2, 0.25) is 10.0 Å². The Labute approximate surface area is 200 Å². The Morgan fingerprint density at radius 2 is 1.67 bits per heavy atom. The fourth-order valence-corrected chi connectivity index (χ4v) is 3.81. The average molecular weight is 477 g/mol. The number of aryl methyl sites for hydroxylation is 2. The molecule has 5 aromatic rings. The highest BCUT2D eigenvalue weighted by Gasteiger charge is 2.16. The van der Waals surface area contributed by atoms with Crippen molar-refractivity contribution in [2.45, 2.75) is 13.8 Å². The van der Waals surface area contributed by atoms with E-state index in [2.05, 4.69) is 10.3 Å². The van der Waals surface area contributed by atoms with Crippen molar-refractivity contribution in [1.29, 1.82) is 0 Å². The number of nitrogens with zero attached hydrogens (tertiary/aromatic N) is 1. The molecule has 2 aromatic heterocycles. The predicted molar refractivity (Wildman–Crippen MR) is 131 cm³/mol. The zero-order chi connectivity index (χ0) is 23.1. The Balaban J connectivity index is 1.40. The van der Waals surface area contributed by atoms with Crippen LogP contribution in [0.3, 0.4) is 0 Å². The Hall–Kier alpha value is -3.54. The van der Waals surface area contributed by atoms with Gasteiger partial charge >= 0.3 is 0 Å². The minimum Gasteiger partial charge on any atom is -0.451 e. The summed E-state index contributed by atoms with van der Waals surface area (Å²) < 4.78 is 11.6. The number of furan rings is 1. The highest BCUT2D eigenvalue weighted by atomic mass is 35.5. The van der Waals surface area contributed by atoms with Crippen molar-refractivity contribution < 1.29 is 13.6 Å². The van der Waals surface area contributed by atoms with Crippen molar-refractivity contribution >= 4 is 45.9 Å². The van der Waals surface area contributed by atoms with E-state index >= 15 is 0 Å². The number of fused-ring (bicyclic) bond motifs is 1. The summed E-state index contributed by atoms with van der Waals surface area (Å²) in [5, 5.41) is 3.82. The van der Waals surface area contributed by atoms with Crippen molar-refractivity contribution in [3.63, 3.8) is 0 Å². The molecule has 5 rings (SSSR count). The van der Waals surface area contributed by atoms with E-state index in [4.69, 9.17) is 32.0 Å². The Morgan fingerprint density at radius 1 is 0.848 bits per heavy atom. The SMILES string of the molecule is Cc1ccc2oc(-c3ccc(Cl)c(NC(=O)c4ccc(-c5ccc(C)c(Cl)c5)o4)c3)nc2c1. The Kier molecular flexibility index (Phi) is 5.44. The number of nitrogens with one attached hydrogen (secondary N) is 1. The summed E-state index contributed by atoms with van der Waals surface area (Å²) in [5.74, 6) is 0.718. The largest absolute Gasteiger partial charge is 0.451 e. The molecule has 33 heavy (non-hydrogen) atoms. The van der Waals surface area contributed by atoms with Gasteiger partial charge in [-0.2, -0.15) is 0 Å². The highest BCUT2D eigenvalue weighted by molar-refractivity contribution is 6.34. The van der Waals surface area contributed by atoms with Crippen LogP contribution in [0, 0.1) is 13.8 Å². The molecule has 0 unspecified atom stereocenters. The lowest BCUT2D eigenvalue weighted by Gasteiger charge is -2.07. The number of aromatic nitrogens is 1. The van der Waals surface area contributed by atoms with E-state index in [9.17, 15) is 4.79 Å². The quantitative estimate of drug-likeness (QED) is 0.285. The molecule has 0 aliphatic rings. The average Bonchev–Trinajstić information content (AvgIpc) is 3.44. The molecule has 164 valence electrons. The maximum atomic E-state index is 12.8. The van der Waals surface area contributed by atoms with Gasteiger partial charge in [-0.1, -0.05) is 41.4 Å². The first-order valence-electron chi connectivity index (χ1n) is 10.2. The van der Waals surface area contributed by atoms with Crippen molar-refractivity contribution in [3.05, 3.63) is 93.7 Å². The van der Waals surface area contributed by atoms with E-state index in [1.54, 1.807) is 36.4 Å². The number of halogens is 2. The second kappa shape index (κ2) is 8.43. The van der Waals surface area contributed by atoms with Gasteiger partial charge < -0.3 is 14.2 Å². The molecule has 0 aliphatic carbocycles. The van der Waals surface area contributed by atoms with E-state index in [0.717, 1.165) is 22.2 Å². The van der Waals surface area contributed by atoms with Gasteiger partial charge in [0.25, 0.3) is 5.91 Å². The Morgan fingerprint density at radius 3 is 2.48 bits per heavy atom. The maximum Gasteiger partial charge on any atom is 0.291 e. The second-order valence-corrected chi connectivity index (χ2v) is 8.58. The summed E-state index contributed by atoms with van der Waals surface area (Å²) in [6.07, 6.45) is 0. The highest BCUT2D eigenvalue weighted by Crippen LogP contribution is 2.32. The summed E-state index contributed by atoms with van der Waals surface area (Å²) in [4.78, 5) is 17.4. The van der Waals surface area contributed by atoms with Gasteiger partial charge in [-0.05, 0) is 73.5 Å². The van der Waals surface area contributed by atoms with Crippen LogP contribution in [-0.2, 0) is 0 Å². The number of hydrogen-bond donors (Lipinski definition) is 1. The molecule has 0 aliphatic heterocycles. The van der Waals surface area contributed by atoms with Gasteiger partial charge in [0.1, 0.15) is 11.3 Å². The first-order valence-corrected chi connectivity index (χ1v) is 11.0. The Bertz CT molecular complexity index is 1520. The first-order chi connectivity index (χ1) is 15.9. The van der Waals surface area contributed by atoms with Crippen LogP contribution in [0.25, 0.3) is 33.9 Å². The number of anilines is 1. The third-order valence-electron chi connectivity index (χ3n) is 5.29. The zero-order valence-corrected chi connectivity index (χ0v) is 19.3. The van der Waals surface area contributed by atoms with Gasteiger partial charge in [0, 0.05) is 16.1 Å². The molecule has 0 bridgehead atoms. The van der Waals surface area contributed by atoms with E-state index in [1.807, 2.05) is 44.2 Å². The zero-order valence-electron chi connectivity index (χ0n) is 17.8. The van der Waals surface area contributed by atoms with Crippen LogP contribution < -0.4 is 5.32 Å². The number of benzene rings is 3. The van der Waals surface area contributed by atoms with Crippen LogP contribution in [-0.4, -0.2) is 10.9 Å². The molecule has 2 heterocycles. The topological polar surface area (TPSA) is 68.3 Å². The third kappa shape index (κ3) is 4.25. The minimum absolute atomic E-state index is 0.153. The fourth-order valence-electron chi connectivity index (χ4n) is 3.46. The normalized spacial score (nSPS) is 11.2. The molecule has 3 aromatic carbocycles. The van der Waals surface area contributed by atoms with Gasteiger partial charge in [-0.15, -0.1) is 0 Å². The second-order valence-electron chi connectivity index (χ2n) is 7.77. The van der Waals surface area contributed by atoms with Crippen molar-refractivity contribution in [1.82, 2.24) is 4.98 Å². The molecule has 0 spiro atoms. The van der Waals surface area contributed by atoms with Crippen molar-refractivity contribution in [2.24, 2.45) is 0 Å². The number of oxazole rings is 1. The smallest absolute Gasteiger partial charge is 0.291 e. The van der Waals surface area contributed by atoms with Gasteiger partial charge in [-0.25, -0.2) is 4.98 Å². The van der Waals surface area contributed by atoms with Gasteiger partial charge in [0.2, 0.25) is 5.89 Å². The molecule has 0 saturated carbocycles. The van der Waals surface area contributed by atoms with E-state index in [1.165, 1.54) is 0 Å². The molecule has 0 saturated heterocycles. The van der Waals surface area contributed by atoms with Crippen LogP contribution in [0.15, 0.2) is 75.6 Å². The lowest BCUT2D eigenvalue weighted by molar-refractivity contribution is 0.0997. The summed E-state index contributed by atoms with van der Waals surface area (Å²) in [5.41, 5.74) is 5.42. The molecular formula is C26H18Cl2N2O3. The standard InChI is InChI=1S/C26H18Cl2N2O3/c1-14-3-8-23-21(11-14)30-26(33-23)17-6-7-18(27)20(13-17)29-25(31)24-10-9-22(32-24)16-5-4-15(2)19(28)12-16/h3-13H,1-2H3,(H,29,31). The molecule has 7 heteroatoms. The minimum atomic E-state index is -0.424. The van der Waals surface area contributed by atoms with Gasteiger partial charge in [0.15, 0.2) is 11.3 Å². The van der Waals surface area contributed by atoms with Crippen molar-refractivity contribution in [2.75, 3.05) is 5.32 Å².